The molecule has 4 aromatic rings. The number of carbonyl (C=O) groups excluding carboxylic acids is 1. The molecule has 0 N–H and O–H groups in total. The van der Waals surface area contributed by atoms with Gasteiger partial charge in [0.05, 0.1) is 12.7 Å². The van der Waals surface area contributed by atoms with Gasteiger partial charge in [-0.3, -0.25) is 0 Å². The third kappa shape index (κ3) is 3.94. The van der Waals surface area contributed by atoms with Crippen LogP contribution in [0.5, 0.6) is 0 Å². The molecule has 0 radical (unpaired) electrons. The lowest BCUT2D eigenvalue weighted by Gasteiger charge is -2.07. The van der Waals surface area contributed by atoms with E-state index in [1.165, 1.54) is 12.7 Å². The Labute approximate surface area is 169 Å². The molecular formula is C24H24N2O3. The van der Waals surface area contributed by atoms with Crippen molar-refractivity contribution in [3.8, 4) is 11.3 Å². The quantitative estimate of drug-likeness (QED) is 0.394. The zero-order chi connectivity index (χ0) is 20.2. The zero-order valence-corrected chi connectivity index (χ0v) is 16.7. The van der Waals surface area contributed by atoms with Crippen LogP contribution in [-0.4, -0.2) is 22.6 Å². The molecule has 0 spiro atoms. The number of ether oxygens (including phenoxy) is 1. The van der Waals surface area contributed by atoms with Gasteiger partial charge in [-0.15, -0.1) is 0 Å². The SMILES string of the molecule is CCCCc1nccn1Cc1ccc2oc(-c3ccccc3C(=O)OC)cc2c1. The molecule has 5 heteroatoms. The van der Waals surface area contributed by atoms with Crippen LogP contribution in [0.15, 0.2) is 65.3 Å². The summed E-state index contributed by atoms with van der Waals surface area (Å²) in [5.74, 6) is 1.40. The molecule has 0 saturated carbocycles. The first-order valence-electron chi connectivity index (χ1n) is 9.89. The van der Waals surface area contributed by atoms with E-state index in [1.807, 2.05) is 42.7 Å². The molecule has 2 heterocycles. The average Bonchev–Trinajstić information content (AvgIpc) is 3.38. The molecule has 0 aliphatic carbocycles. The third-order valence-electron chi connectivity index (χ3n) is 5.09. The molecule has 0 atom stereocenters. The number of benzene rings is 2. The van der Waals surface area contributed by atoms with Gasteiger partial charge in [-0.25, -0.2) is 9.78 Å². The molecule has 4 rings (SSSR count). The molecule has 29 heavy (non-hydrogen) atoms. The highest BCUT2D eigenvalue weighted by Gasteiger charge is 2.16. The van der Waals surface area contributed by atoms with Crippen LogP contribution in [0.25, 0.3) is 22.3 Å². The van der Waals surface area contributed by atoms with E-state index in [9.17, 15) is 4.79 Å². The maximum atomic E-state index is 12.1. The topological polar surface area (TPSA) is 57.3 Å². The van der Waals surface area contributed by atoms with E-state index in [0.717, 1.165) is 48.2 Å². The molecule has 0 unspecified atom stereocenters. The van der Waals surface area contributed by atoms with Gasteiger partial charge in [0.1, 0.15) is 17.2 Å². The fourth-order valence-corrected chi connectivity index (χ4v) is 3.55. The lowest BCUT2D eigenvalue weighted by Crippen LogP contribution is -2.04. The Bertz CT molecular complexity index is 1140. The lowest BCUT2D eigenvalue weighted by atomic mass is 10.0. The zero-order valence-electron chi connectivity index (χ0n) is 16.7. The Balaban J connectivity index is 1.64. The fourth-order valence-electron chi connectivity index (χ4n) is 3.55. The number of unbranched alkanes of at least 4 members (excludes halogenated alkanes) is 1. The number of fused-ring (bicyclic) bond motifs is 1. The molecular weight excluding hydrogens is 364 g/mol. The summed E-state index contributed by atoms with van der Waals surface area (Å²) in [5.41, 5.74) is 3.20. The summed E-state index contributed by atoms with van der Waals surface area (Å²) in [7, 11) is 1.38. The maximum absolute atomic E-state index is 12.1. The van der Waals surface area contributed by atoms with E-state index in [0.29, 0.717) is 11.3 Å². The normalized spacial score (nSPS) is 11.1. The summed E-state index contributed by atoms with van der Waals surface area (Å²) in [5, 5.41) is 1.01. The fraction of sp³-hybridized carbons (Fsp3) is 0.250. The van der Waals surface area contributed by atoms with Gasteiger partial charge in [-0.1, -0.05) is 37.6 Å². The van der Waals surface area contributed by atoms with Gasteiger partial charge in [0, 0.05) is 36.3 Å². The number of nitrogens with zero attached hydrogens (tertiary/aromatic N) is 2. The first kappa shape index (κ1) is 19.0. The molecule has 0 aliphatic rings. The number of esters is 1. The number of hydrogen-bond donors (Lipinski definition) is 0. The predicted octanol–water partition coefficient (Wildman–Crippen LogP) is 5.47. The predicted molar refractivity (Wildman–Crippen MR) is 113 cm³/mol. The number of imidazole rings is 1. The van der Waals surface area contributed by atoms with Gasteiger partial charge in [0.15, 0.2) is 0 Å². The van der Waals surface area contributed by atoms with Crippen molar-refractivity contribution in [2.75, 3.05) is 7.11 Å². The van der Waals surface area contributed by atoms with Crippen LogP contribution in [0.3, 0.4) is 0 Å². The summed E-state index contributed by atoms with van der Waals surface area (Å²) in [6.45, 7) is 2.96. The van der Waals surface area contributed by atoms with Gasteiger partial charge < -0.3 is 13.7 Å². The lowest BCUT2D eigenvalue weighted by molar-refractivity contribution is 0.0601. The Morgan fingerprint density at radius 1 is 1.17 bits per heavy atom. The van der Waals surface area contributed by atoms with E-state index in [1.54, 1.807) is 6.07 Å². The Morgan fingerprint density at radius 2 is 2.03 bits per heavy atom. The number of hydrogen-bond acceptors (Lipinski definition) is 4. The maximum Gasteiger partial charge on any atom is 0.338 e. The van der Waals surface area contributed by atoms with Crippen LogP contribution in [0.2, 0.25) is 0 Å². The highest BCUT2D eigenvalue weighted by atomic mass is 16.5. The molecule has 2 aromatic carbocycles. The first-order valence-corrected chi connectivity index (χ1v) is 9.89. The molecule has 148 valence electrons. The van der Waals surface area contributed by atoms with Crippen molar-refractivity contribution in [2.24, 2.45) is 0 Å². The molecule has 0 aliphatic heterocycles. The van der Waals surface area contributed by atoms with Gasteiger partial charge in [-0.2, -0.15) is 0 Å². The van der Waals surface area contributed by atoms with E-state index in [-0.39, 0.29) is 5.97 Å². The minimum absolute atomic E-state index is 0.374. The van der Waals surface area contributed by atoms with E-state index >= 15 is 0 Å². The summed E-state index contributed by atoms with van der Waals surface area (Å²) >= 11 is 0. The molecule has 0 bridgehead atoms. The smallest absolute Gasteiger partial charge is 0.338 e. The summed E-state index contributed by atoms with van der Waals surface area (Å²) < 4.78 is 13.1. The second-order valence-corrected chi connectivity index (χ2v) is 7.09. The van der Waals surface area contributed by atoms with Crippen molar-refractivity contribution >= 4 is 16.9 Å². The van der Waals surface area contributed by atoms with Gasteiger partial charge in [-0.05, 0) is 36.2 Å². The Kier molecular flexibility index (Phi) is 5.47. The standard InChI is InChI=1S/C24H24N2O3/c1-3-4-9-23-25-12-13-26(23)16-17-10-11-21-18(14-17)15-22(29-21)19-7-5-6-8-20(19)24(27)28-2/h5-8,10-15H,3-4,9,16H2,1-2H3. The van der Waals surface area contributed by atoms with Crippen molar-refractivity contribution in [3.63, 3.8) is 0 Å². The number of aromatic nitrogens is 2. The minimum Gasteiger partial charge on any atom is -0.465 e. The van der Waals surface area contributed by atoms with Crippen LogP contribution in [0.1, 0.15) is 41.5 Å². The molecule has 0 fully saturated rings. The van der Waals surface area contributed by atoms with Crippen molar-refractivity contribution in [2.45, 2.75) is 32.7 Å². The Morgan fingerprint density at radius 3 is 2.86 bits per heavy atom. The van der Waals surface area contributed by atoms with Crippen molar-refractivity contribution in [1.82, 2.24) is 9.55 Å². The van der Waals surface area contributed by atoms with Crippen molar-refractivity contribution in [1.29, 1.82) is 0 Å². The van der Waals surface area contributed by atoms with Crippen molar-refractivity contribution < 1.29 is 13.9 Å². The van der Waals surface area contributed by atoms with Crippen LogP contribution in [0, 0.1) is 0 Å². The van der Waals surface area contributed by atoms with Gasteiger partial charge in [0.2, 0.25) is 0 Å². The average molecular weight is 388 g/mol. The highest BCUT2D eigenvalue weighted by Crippen LogP contribution is 2.31. The second kappa shape index (κ2) is 8.35. The number of methoxy groups -OCH3 is 1. The molecule has 2 aromatic heterocycles. The number of aryl methyl sites for hydroxylation is 1. The number of rotatable bonds is 7. The van der Waals surface area contributed by atoms with E-state index in [2.05, 4.69) is 28.6 Å². The van der Waals surface area contributed by atoms with Crippen LogP contribution in [0.4, 0.5) is 0 Å². The van der Waals surface area contributed by atoms with E-state index in [4.69, 9.17) is 9.15 Å². The van der Waals surface area contributed by atoms with Crippen LogP contribution < -0.4 is 0 Å². The largest absolute Gasteiger partial charge is 0.465 e. The highest BCUT2D eigenvalue weighted by molar-refractivity contribution is 5.97. The monoisotopic (exact) mass is 388 g/mol. The Hall–Kier alpha value is -3.34. The van der Waals surface area contributed by atoms with Gasteiger partial charge >= 0.3 is 5.97 Å². The molecule has 0 saturated heterocycles. The van der Waals surface area contributed by atoms with Crippen molar-refractivity contribution in [3.05, 3.63) is 77.9 Å². The number of carbonyl (C=O) groups is 1. The minimum atomic E-state index is -0.374. The summed E-state index contributed by atoms with van der Waals surface area (Å²) in [4.78, 5) is 16.6. The first-order chi connectivity index (χ1) is 14.2. The van der Waals surface area contributed by atoms with Crippen LogP contribution in [-0.2, 0) is 17.7 Å². The molecule has 0 amide bonds. The number of furan rings is 1. The van der Waals surface area contributed by atoms with Crippen LogP contribution >= 0.6 is 0 Å². The van der Waals surface area contributed by atoms with Gasteiger partial charge in [0.25, 0.3) is 0 Å². The summed E-state index contributed by atoms with van der Waals surface area (Å²) in [6, 6.07) is 15.5. The third-order valence-corrected chi connectivity index (χ3v) is 5.09. The van der Waals surface area contributed by atoms with E-state index < -0.39 is 0 Å². The molecule has 5 nitrogen and oxygen atoms in total. The summed E-state index contributed by atoms with van der Waals surface area (Å²) in [6.07, 6.45) is 7.18. The second-order valence-electron chi connectivity index (χ2n) is 7.09.